The van der Waals surface area contributed by atoms with Crippen LogP contribution in [-0.4, -0.2) is 8.96 Å². The van der Waals surface area contributed by atoms with E-state index in [2.05, 4.69) is 47.5 Å². The first-order valence-electron chi connectivity index (χ1n) is 6.46. The summed E-state index contributed by atoms with van der Waals surface area (Å²) in [5.41, 5.74) is 1.12. The predicted molar refractivity (Wildman–Crippen MR) is 87.4 cm³/mol. The summed E-state index contributed by atoms with van der Waals surface area (Å²) < 4.78 is 16.5. The molecule has 4 heteroatoms. The maximum absolute atomic E-state index is 12.4. The van der Waals surface area contributed by atoms with Crippen molar-refractivity contribution in [3.63, 3.8) is 0 Å². The van der Waals surface area contributed by atoms with Crippen molar-refractivity contribution in [1.82, 2.24) is 4.72 Å². The minimum atomic E-state index is -1.09. The molecule has 108 valence electrons. The standard InChI is InChI=1S/C15H24BrNOS/c1-14(2,3)13(17-19(18)15(4,5)6)11-9-7-8-10-12(11)16/h7-10,13,17H,1-6H3. The summed E-state index contributed by atoms with van der Waals surface area (Å²) in [6, 6.07) is 8.14. The van der Waals surface area contributed by atoms with Crippen LogP contribution < -0.4 is 4.72 Å². The molecule has 0 saturated heterocycles. The number of nitrogens with one attached hydrogen (secondary N) is 1. The van der Waals surface area contributed by atoms with Crippen molar-refractivity contribution in [2.24, 2.45) is 5.41 Å². The van der Waals surface area contributed by atoms with Crippen LogP contribution in [0.15, 0.2) is 28.7 Å². The van der Waals surface area contributed by atoms with E-state index in [0.717, 1.165) is 10.0 Å². The average Bonchev–Trinajstić information content (AvgIpc) is 2.24. The minimum absolute atomic E-state index is 0.0230. The van der Waals surface area contributed by atoms with Gasteiger partial charge >= 0.3 is 0 Å². The highest BCUT2D eigenvalue weighted by molar-refractivity contribution is 9.10. The summed E-state index contributed by atoms with van der Waals surface area (Å²) in [5, 5.41) is 0. The van der Waals surface area contributed by atoms with E-state index in [0.29, 0.717) is 0 Å². The van der Waals surface area contributed by atoms with E-state index in [4.69, 9.17) is 0 Å². The molecule has 0 aromatic heterocycles. The van der Waals surface area contributed by atoms with Gasteiger partial charge in [0.2, 0.25) is 0 Å². The van der Waals surface area contributed by atoms with Crippen LogP contribution in [0.25, 0.3) is 0 Å². The molecule has 0 amide bonds. The van der Waals surface area contributed by atoms with E-state index in [1.54, 1.807) is 0 Å². The van der Waals surface area contributed by atoms with Gasteiger partial charge in [-0.15, -0.1) is 0 Å². The zero-order valence-corrected chi connectivity index (χ0v) is 15.0. The second-order valence-electron chi connectivity index (χ2n) is 6.82. The molecule has 0 bridgehead atoms. The molecule has 1 aromatic rings. The van der Waals surface area contributed by atoms with Gasteiger partial charge in [-0.2, -0.15) is 0 Å². The molecule has 0 aliphatic carbocycles. The first-order valence-corrected chi connectivity index (χ1v) is 8.40. The summed E-state index contributed by atoms with van der Waals surface area (Å²) >= 11 is 3.59. The Balaban J connectivity index is 3.12. The van der Waals surface area contributed by atoms with Crippen LogP contribution >= 0.6 is 15.9 Å². The minimum Gasteiger partial charge on any atom is -0.242 e. The molecular formula is C15H24BrNOS. The molecular weight excluding hydrogens is 322 g/mol. The van der Waals surface area contributed by atoms with Gasteiger partial charge in [0.1, 0.15) is 0 Å². The number of benzene rings is 1. The maximum atomic E-state index is 12.4. The number of hydrogen-bond acceptors (Lipinski definition) is 1. The van der Waals surface area contributed by atoms with E-state index < -0.39 is 11.0 Å². The zero-order chi connectivity index (χ0) is 14.8. The molecule has 2 unspecified atom stereocenters. The van der Waals surface area contributed by atoms with Crippen LogP contribution in [0.4, 0.5) is 0 Å². The summed E-state index contributed by atoms with van der Waals surface area (Å²) in [6.07, 6.45) is 0. The van der Waals surface area contributed by atoms with Crippen molar-refractivity contribution in [3.8, 4) is 0 Å². The molecule has 0 spiro atoms. The molecule has 1 rings (SSSR count). The van der Waals surface area contributed by atoms with Gasteiger partial charge in [-0.25, -0.2) is 8.93 Å². The van der Waals surface area contributed by atoms with Gasteiger partial charge in [-0.1, -0.05) is 54.9 Å². The van der Waals surface area contributed by atoms with Crippen LogP contribution in [0.3, 0.4) is 0 Å². The Bertz CT molecular complexity index is 460. The van der Waals surface area contributed by atoms with Crippen LogP contribution in [0.1, 0.15) is 53.1 Å². The quantitative estimate of drug-likeness (QED) is 0.852. The van der Waals surface area contributed by atoms with Crippen LogP contribution in [0, 0.1) is 5.41 Å². The van der Waals surface area contributed by atoms with Gasteiger partial charge < -0.3 is 0 Å². The van der Waals surface area contributed by atoms with E-state index in [1.165, 1.54) is 0 Å². The topological polar surface area (TPSA) is 29.1 Å². The summed E-state index contributed by atoms with van der Waals surface area (Å²) in [5.74, 6) is 0. The molecule has 0 aliphatic heterocycles. The van der Waals surface area contributed by atoms with Gasteiger partial charge in [0, 0.05) is 4.47 Å². The summed E-state index contributed by atoms with van der Waals surface area (Å²) in [7, 11) is -1.09. The number of rotatable bonds is 3. The fourth-order valence-corrected chi connectivity index (χ4v) is 3.26. The van der Waals surface area contributed by atoms with Crippen LogP contribution in [-0.2, 0) is 11.0 Å². The Labute approximate surface area is 128 Å². The lowest BCUT2D eigenvalue weighted by Crippen LogP contribution is -2.40. The summed E-state index contributed by atoms with van der Waals surface area (Å²) in [4.78, 5) is 0. The molecule has 2 atom stereocenters. The van der Waals surface area contributed by atoms with Crippen molar-refractivity contribution >= 4 is 26.9 Å². The number of hydrogen-bond donors (Lipinski definition) is 1. The van der Waals surface area contributed by atoms with Crippen molar-refractivity contribution in [2.45, 2.75) is 52.3 Å². The molecule has 2 nitrogen and oxygen atoms in total. The van der Waals surface area contributed by atoms with E-state index in [1.807, 2.05) is 39.0 Å². The summed E-state index contributed by atoms with van der Waals surface area (Å²) in [6.45, 7) is 12.4. The smallest absolute Gasteiger partial charge is 0.0976 e. The van der Waals surface area contributed by atoms with Crippen LogP contribution in [0.2, 0.25) is 0 Å². The van der Waals surface area contributed by atoms with Gasteiger partial charge in [0.15, 0.2) is 0 Å². The molecule has 0 saturated carbocycles. The Kier molecular flexibility index (Phi) is 5.38. The fraction of sp³-hybridized carbons (Fsp3) is 0.600. The average molecular weight is 346 g/mol. The highest BCUT2D eigenvalue weighted by Crippen LogP contribution is 2.37. The monoisotopic (exact) mass is 345 g/mol. The van der Waals surface area contributed by atoms with Crippen molar-refractivity contribution < 1.29 is 4.21 Å². The zero-order valence-electron chi connectivity index (χ0n) is 12.6. The third-order valence-corrected chi connectivity index (χ3v) is 5.15. The molecule has 0 radical (unpaired) electrons. The predicted octanol–water partition coefficient (Wildman–Crippen LogP) is 4.59. The van der Waals surface area contributed by atoms with E-state index in [-0.39, 0.29) is 16.2 Å². The lowest BCUT2D eigenvalue weighted by molar-refractivity contribution is 0.306. The van der Waals surface area contributed by atoms with Gasteiger partial charge in [0.25, 0.3) is 0 Å². The fourth-order valence-electron chi connectivity index (χ4n) is 1.70. The van der Waals surface area contributed by atoms with E-state index in [9.17, 15) is 4.21 Å². The Morgan fingerprint density at radius 2 is 1.63 bits per heavy atom. The number of halogens is 1. The SMILES string of the molecule is CC(C)(C)C(NS(=O)C(C)(C)C)c1ccccc1Br. The van der Waals surface area contributed by atoms with Gasteiger partial charge in [-0.3, -0.25) is 0 Å². The maximum Gasteiger partial charge on any atom is 0.0976 e. The molecule has 0 heterocycles. The third kappa shape index (κ3) is 4.69. The second kappa shape index (κ2) is 6.06. The Morgan fingerprint density at radius 1 is 1.11 bits per heavy atom. The van der Waals surface area contributed by atoms with Crippen LogP contribution in [0.5, 0.6) is 0 Å². The van der Waals surface area contributed by atoms with Crippen molar-refractivity contribution in [1.29, 1.82) is 0 Å². The Morgan fingerprint density at radius 3 is 2.05 bits per heavy atom. The molecule has 1 aromatic carbocycles. The lowest BCUT2D eigenvalue weighted by Gasteiger charge is -2.34. The highest BCUT2D eigenvalue weighted by atomic mass is 79.9. The Hall–Kier alpha value is -0.190. The molecule has 19 heavy (non-hydrogen) atoms. The molecule has 1 N–H and O–H groups in total. The van der Waals surface area contributed by atoms with E-state index >= 15 is 0 Å². The van der Waals surface area contributed by atoms with Gasteiger partial charge in [-0.05, 0) is 37.8 Å². The van der Waals surface area contributed by atoms with Crippen molar-refractivity contribution in [2.75, 3.05) is 0 Å². The highest BCUT2D eigenvalue weighted by Gasteiger charge is 2.32. The van der Waals surface area contributed by atoms with Crippen molar-refractivity contribution in [3.05, 3.63) is 34.3 Å². The molecule has 0 aliphatic rings. The second-order valence-corrected chi connectivity index (χ2v) is 9.67. The largest absolute Gasteiger partial charge is 0.242 e. The normalized spacial score (nSPS) is 16.2. The van der Waals surface area contributed by atoms with Gasteiger partial charge in [0.05, 0.1) is 21.8 Å². The first kappa shape index (κ1) is 16.9. The lowest BCUT2D eigenvalue weighted by atomic mass is 9.83. The molecule has 0 fully saturated rings. The first-order chi connectivity index (χ1) is 8.53. The third-order valence-electron chi connectivity index (χ3n) is 2.86.